The Morgan fingerprint density at radius 2 is 1.85 bits per heavy atom. The molecule has 0 N–H and O–H groups in total. The van der Waals surface area contributed by atoms with E-state index >= 15 is 0 Å². The molecule has 4 rings (SSSR count). The van der Waals surface area contributed by atoms with Crippen molar-refractivity contribution in [3.63, 3.8) is 0 Å². The normalized spacial score (nSPS) is 14.6. The molecule has 26 heavy (non-hydrogen) atoms. The standard InChI is InChI=1S/C21H21N3OS/c1-14-8-10-15(11-9-14)18(25)13-26-20-23-22-19-17-7-5-4-6-16(17)12-21(2,3)24(19)20/h4-11H,12-13H2,1-3H3. The van der Waals surface area contributed by atoms with Crippen LogP contribution in [0.4, 0.5) is 0 Å². The van der Waals surface area contributed by atoms with Crippen molar-refractivity contribution in [2.45, 2.75) is 37.9 Å². The van der Waals surface area contributed by atoms with Gasteiger partial charge in [-0.3, -0.25) is 9.36 Å². The van der Waals surface area contributed by atoms with Gasteiger partial charge >= 0.3 is 0 Å². The first-order chi connectivity index (χ1) is 12.5. The zero-order valence-electron chi connectivity index (χ0n) is 15.2. The lowest BCUT2D eigenvalue weighted by Gasteiger charge is -2.34. The van der Waals surface area contributed by atoms with Gasteiger partial charge in [0, 0.05) is 16.7 Å². The molecule has 0 unspecified atom stereocenters. The number of benzene rings is 2. The minimum Gasteiger partial charge on any atom is -0.296 e. The quantitative estimate of drug-likeness (QED) is 0.505. The topological polar surface area (TPSA) is 47.8 Å². The van der Waals surface area contributed by atoms with Crippen molar-refractivity contribution in [1.29, 1.82) is 0 Å². The molecule has 132 valence electrons. The number of aryl methyl sites for hydroxylation is 1. The summed E-state index contributed by atoms with van der Waals surface area (Å²) in [5, 5.41) is 9.64. The maximum Gasteiger partial charge on any atom is 0.192 e. The summed E-state index contributed by atoms with van der Waals surface area (Å²) in [6.07, 6.45) is 0.924. The summed E-state index contributed by atoms with van der Waals surface area (Å²) < 4.78 is 2.18. The lowest BCUT2D eigenvalue weighted by atomic mass is 9.87. The molecule has 0 radical (unpaired) electrons. The van der Waals surface area contributed by atoms with E-state index in [1.165, 1.54) is 17.3 Å². The minimum absolute atomic E-state index is 0.112. The van der Waals surface area contributed by atoms with Crippen LogP contribution in [0.1, 0.15) is 35.3 Å². The smallest absolute Gasteiger partial charge is 0.192 e. The summed E-state index contributed by atoms with van der Waals surface area (Å²) in [7, 11) is 0. The van der Waals surface area contributed by atoms with E-state index in [1.54, 1.807) is 0 Å². The number of hydrogen-bond donors (Lipinski definition) is 0. The number of thioether (sulfide) groups is 1. The number of aromatic nitrogens is 3. The second kappa shape index (κ2) is 6.40. The maximum absolute atomic E-state index is 12.5. The minimum atomic E-state index is -0.123. The predicted molar refractivity (Wildman–Crippen MR) is 105 cm³/mol. The number of hydrogen-bond acceptors (Lipinski definition) is 4. The van der Waals surface area contributed by atoms with Gasteiger partial charge in [0.1, 0.15) is 0 Å². The number of carbonyl (C=O) groups excluding carboxylic acids is 1. The number of ketones is 1. The van der Waals surface area contributed by atoms with Gasteiger partial charge in [-0.05, 0) is 32.8 Å². The Bertz CT molecular complexity index is 973. The van der Waals surface area contributed by atoms with Crippen LogP contribution in [0, 0.1) is 6.92 Å². The summed E-state index contributed by atoms with van der Waals surface area (Å²) in [6.45, 7) is 6.41. The molecule has 4 nitrogen and oxygen atoms in total. The van der Waals surface area contributed by atoms with Gasteiger partial charge in [-0.25, -0.2) is 0 Å². The van der Waals surface area contributed by atoms with Crippen molar-refractivity contribution in [2.24, 2.45) is 0 Å². The van der Waals surface area contributed by atoms with Gasteiger partial charge in [-0.1, -0.05) is 65.9 Å². The summed E-state index contributed by atoms with van der Waals surface area (Å²) in [5.41, 5.74) is 4.20. The third kappa shape index (κ3) is 2.97. The van der Waals surface area contributed by atoms with Crippen LogP contribution in [0.25, 0.3) is 11.4 Å². The molecule has 3 aromatic rings. The molecule has 1 aromatic heterocycles. The van der Waals surface area contributed by atoms with E-state index in [2.05, 4.69) is 46.8 Å². The van der Waals surface area contributed by atoms with Crippen LogP contribution < -0.4 is 0 Å². The van der Waals surface area contributed by atoms with Gasteiger partial charge in [0.15, 0.2) is 16.8 Å². The third-order valence-corrected chi connectivity index (χ3v) is 5.75. The second-order valence-corrected chi connectivity index (χ2v) is 8.31. The molecule has 0 aliphatic carbocycles. The molecule has 0 saturated heterocycles. The fourth-order valence-electron chi connectivity index (χ4n) is 3.47. The van der Waals surface area contributed by atoms with Crippen molar-refractivity contribution in [2.75, 3.05) is 5.75 Å². The molecule has 2 heterocycles. The summed E-state index contributed by atoms with van der Waals surface area (Å²) >= 11 is 1.47. The molecule has 0 saturated carbocycles. The van der Waals surface area contributed by atoms with Crippen molar-refractivity contribution in [3.05, 3.63) is 65.2 Å². The van der Waals surface area contributed by atoms with Crippen molar-refractivity contribution in [3.8, 4) is 11.4 Å². The number of Topliss-reactive ketones (excluding diaryl/α,β-unsaturated/α-hetero) is 1. The molecule has 2 aromatic carbocycles. The Labute approximate surface area is 157 Å². The number of rotatable bonds is 4. The van der Waals surface area contributed by atoms with E-state index in [0.29, 0.717) is 5.75 Å². The lowest BCUT2D eigenvalue weighted by Crippen LogP contribution is -2.33. The number of fused-ring (bicyclic) bond motifs is 3. The zero-order valence-corrected chi connectivity index (χ0v) is 16.0. The molecule has 1 aliphatic rings. The van der Waals surface area contributed by atoms with Crippen molar-refractivity contribution >= 4 is 17.5 Å². The van der Waals surface area contributed by atoms with Gasteiger partial charge in [0.05, 0.1) is 5.75 Å². The Balaban J connectivity index is 1.61. The van der Waals surface area contributed by atoms with Gasteiger partial charge in [-0.15, -0.1) is 10.2 Å². The van der Waals surface area contributed by atoms with Crippen LogP contribution >= 0.6 is 11.8 Å². The number of nitrogens with zero attached hydrogens (tertiary/aromatic N) is 3. The highest BCUT2D eigenvalue weighted by Crippen LogP contribution is 2.39. The van der Waals surface area contributed by atoms with Gasteiger partial charge in [-0.2, -0.15) is 0 Å². The summed E-state index contributed by atoms with van der Waals surface area (Å²) in [5.74, 6) is 1.36. The van der Waals surface area contributed by atoms with Gasteiger partial charge < -0.3 is 0 Å². The molecule has 0 bridgehead atoms. The highest BCUT2D eigenvalue weighted by Gasteiger charge is 2.34. The Hall–Kier alpha value is -2.40. The Morgan fingerprint density at radius 1 is 1.12 bits per heavy atom. The summed E-state index contributed by atoms with van der Waals surface area (Å²) in [4.78, 5) is 12.5. The molecule has 1 aliphatic heterocycles. The third-order valence-electron chi connectivity index (χ3n) is 4.83. The molecular weight excluding hydrogens is 342 g/mol. The van der Waals surface area contributed by atoms with Crippen molar-refractivity contribution < 1.29 is 4.79 Å². The molecule has 0 spiro atoms. The average molecular weight is 363 g/mol. The first-order valence-electron chi connectivity index (χ1n) is 8.72. The van der Waals surface area contributed by atoms with E-state index in [9.17, 15) is 4.79 Å². The van der Waals surface area contributed by atoms with E-state index in [0.717, 1.165) is 34.1 Å². The van der Waals surface area contributed by atoms with Crippen LogP contribution in [0.3, 0.4) is 0 Å². The van der Waals surface area contributed by atoms with Gasteiger partial charge in [0.25, 0.3) is 0 Å². The van der Waals surface area contributed by atoms with Crippen LogP contribution in [0.2, 0.25) is 0 Å². The lowest BCUT2D eigenvalue weighted by molar-refractivity contribution is 0.102. The molecule has 5 heteroatoms. The van der Waals surface area contributed by atoms with E-state index in [4.69, 9.17) is 0 Å². The summed E-state index contributed by atoms with van der Waals surface area (Å²) in [6, 6.07) is 16.1. The molecule has 0 fully saturated rings. The molecule has 0 atom stereocenters. The molecule has 0 amide bonds. The fraction of sp³-hybridized carbons (Fsp3) is 0.286. The van der Waals surface area contributed by atoms with E-state index in [-0.39, 0.29) is 11.3 Å². The highest BCUT2D eigenvalue weighted by molar-refractivity contribution is 7.99. The van der Waals surface area contributed by atoms with Gasteiger partial charge in [0.2, 0.25) is 0 Å². The first-order valence-corrected chi connectivity index (χ1v) is 9.71. The highest BCUT2D eigenvalue weighted by atomic mass is 32.2. The second-order valence-electron chi connectivity index (χ2n) is 7.37. The maximum atomic E-state index is 12.5. The monoisotopic (exact) mass is 363 g/mol. The van der Waals surface area contributed by atoms with Crippen LogP contribution in [-0.4, -0.2) is 26.3 Å². The van der Waals surface area contributed by atoms with Crippen molar-refractivity contribution in [1.82, 2.24) is 14.8 Å². The average Bonchev–Trinajstić information content (AvgIpc) is 3.05. The molecular formula is C21H21N3OS. The Kier molecular flexibility index (Phi) is 4.19. The first kappa shape index (κ1) is 17.0. The van der Waals surface area contributed by atoms with E-state index in [1.807, 2.05) is 37.3 Å². The van der Waals surface area contributed by atoms with E-state index < -0.39 is 0 Å². The zero-order chi connectivity index (χ0) is 18.3. The predicted octanol–water partition coefficient (Wildman–Crippen LogP) is 4.52. The van der Waals surface area contributed by atoms with Crippen LogP contribution in [0.5, 0.6) is 0 Å². The van der Waals surface area contributed by atoms with Crippen LogP contribution in [0.15, 0.2) is 53.7 Å². The fourth-order valence-corrected chi connectivity index (χ4v) is 4.46. The SMILES string of the molecule is Cc1ccc(C(=O)CSc2nnc3n2C(C)(C)Cc2ccccc2-3)cc1. The number of carbonyl (C=O) groups is 1. The van der Waals surface area contributed by atoms with Crippen LogP contribution in [-0.2, 0) is 12.0 Å². The Morgan fingerprint density at radius 3 is 2.62 bits per heavy atom. The largest absolute Gasteiger partial charge is 0.296 e.